The van der Waals surface area contributed by atoms with Gasteiger partial charge in [0.1, 0.15) is 0 Å². The van der Waals surface area contributed by atoms with E-state index in [-0.39, 0.29) is 42.9 Å². The monoisotopic (exact) mass is 352 g/mol. The number of hydrogen-bond acceptors (Lipinski definition) is 4. The molecule has 1 amide bonds. The Hall–Kier alpha value is -1.43. The molecule has 0 aromatic carbocycles. The van der Waals surface area contributed by atoms with E-state index < -0.39 is 5.97 Å². The summed E-state index contributed by atoms with van der Waals surface area (Å²) in [5.41, 5.74) is 0. The third kappa shape index (κ3) is 6.77. The molecule has 2 fully saturated rings. The summed E-state index contributed by atoms with van der Waals surface area (Å²) in [6.45, 7) is 4.73. The summed E-state index contributed by atoms with van der Waals surface area (Å²) in [6, 6.07) is 0. The maximum atomic E-state index is 12.7. The van der Waals surface area contributed by atoms with Crippen molar-refractivity contribution in [3.8, 4) is 0 Å². The van der Waals surface area contributed by atoms with E-state index >= 15 is 0 Å². The van der Waals surface area contributed by atoms with Gasteiger partial charge in [0.05, 0.1) is 6.54 Å². The van der Waals surface area contributed by atoms with Crippen molar-refractivity contribution in [3.63, 3.8) is 0 Å². The van der Waals surface area contributed by atoms with Crippen LogP contribution in [0.15, 0.2) is 0 Å². The van der Waals surface area contributed by atoms with Crippen molar-refractivity contribution >= 4 is 17.7 Å². The van der Waals surface area contributed by atoms with Crippen LogP contribution in [0.3, 0.4) is 0 Å². The first kappa shape index (κ1) is 19.9. The highest BCUT2D eigenvalue weighted by Crippen LogP contribution is 2.27. The highest BCUT2D eigenvalue weighted by atomic mass is 16.4. The van der Waals surface area contributed by atoms with Crippen LogP contribution in [0.5, 0.6) is 0 Å². The minimum atomic E-state index is -0.882. The Bertz CT molecular complexity index is 474. The lowest BCUT2D eigenvalue weighted by atomic mass is 9.85. The molecule has 0 bridgehead atoms. The van der Waals surface area contributed by atoms with Crippen LogP contribution in [-0.4, -0.2) is 53.8 Å². The Morgan fingerprint density at radius 3 is 2.60 bits per heavy atom. The second kappa shape index (κ2) is 9.90. The van der Waals surface area contributed by atoms with Gasteiger partial charge in [0.25, 0.3) is 0 Å². The van der Waals surface area contributed by atoms with Crippen molar-refractivity contribution in [1.29, 1.82) is 0 Å². The predicted molar refractivity (Wildman–Crippen MR) is 95.2 cm³/mol. The number of carbonyl (C=O) groups is 3. The SMILES string of the molecule is C[C@H](CC(=O)O)CC(=O)CN1CCC[C@@H](CCC2CCNCC2)C1=O. The molecular weight excluding hydrogens is 320 g/mol. The van der Waals surface area contributed by atoms with E-state index in [0.717, 1.165) is 44.7 Å². The summed E-state index contributed by atoms with van der Waals surface area (Å²) < 4.78 is 0. The highest BCUT2D eigenvalue weighted by Gasteiger charge is 2.30. The zero-order valence-electron chi connectivity index (χ0n) is 15.3. The number of amides is 1. The number of nitrogens with one attached hydrogen (secondary N) is 1. The van der Waals surface area contributed by atoms with Gasteiger partial charge in [-0.3, -0.25) is 14.4 Å². The Morgan fingerprint density at radius 1 is 1.20 bits per heavy atom. The average Bonchev–Trinajstić information content (AvgIpc) is 2.55. The fourth-order valence-electron chi connectivity index (χ4n) is 4.09. The van der Waals surface area contributed by atoms with Crippen LogP contribution in [0.1, 0.15) is 58.3 Å². The molecule has 0 aliphatic carbocycles. The molecule has 2 atom stereocenters. The van der Waals surface area contributed by atoms with Crippen molar-refractivity contribution in [1.82, 2.24) is 10.2 Å². The fourth-order valence-corrected chi connectivity index (χ4v) is 4.09. The molecule has 6 nitrogen and oxygen atoms in total. The minimum absolute atomic E-state index is 0.00143. The van der Waals surface area contributed by atoms with Crippen molar-refractivity contribution < 1.29 is 19.5 Å². The van der Waals surface area contributed by atoms with Gasteiger partial charge in [-0.25, -0.2) is 0 Å². The number of rotatable bonds is 9. The van der Waals surface area contributed by atoms with Gasteiger partial charge in [-0.1, -0.05) is 6.92 Å². The van der Waals surface area contributed by atoms with Crippen molar-refractivity contribution in [2.24, 2.45) is 17.8 Å². The molecule has 25 heavy (non-hydrogen) atoms. The van der Waals surface area contributed by atoms with E-state index in [1.807, 2.05) is 0 Å². The van der Waals surface area contributed by atoms with Crippen LogP contribution < -0.4 is 5.32 Å². The van der Waals surface area contributed by atoms with Gasteiger partial charge in [0, 0.05) is 25.3 Å². The van der Waals surface area contributed by atoms with E-state index in [1.54, 1.807) is 11.8 Å². The molecule has 2 heterocycles. The number of nitrogens with zero attached hydrogens (tertiary/aromatic N) is 1. The molecule has 2 rings (SSSR count). The number of hydrogen-bond donors (Lipinski definition) is 2. The topological polar surface area (TPSA) is 86.7 Å². The summed E-state index contributed by atoms with van der Waals surface area (Å²) >= 11 is 0. The Labute approximate surface area is 150 Å². The standard InChI is InChI=1S/C19H32N2O4/c1-14(12-18(23)24)11-17(22)13-21-10-2-3-16(19(21)25)5-4-15-6-8-20-9-7-15/h14-16,20H,2-13H2,1H3,(H,23,24)/t14-,16-/m0/s1. The second-order valence-electron chi connectivity index (χ2n) is 7.82. The van der Waals surface area contributed by atoms with Gasteiger partial charge >= 0.3 is 5.97 Å². The number of piperidine rings is 2. The van der Waals surface area contributed by atoms with Gasteiger partial charge < -0.3 is 15.3 Å². The fraction of sp³-hybridized carbons (Fsp3) is 0.842. The number of likely N-dealkylation sites (tertiary alicyclic amines) is 1. The van der Waals surface area contributed by atoms with Gasteiger partial charge in [-0.15, -0.1) is 0 Å². The van der Waals surface area contributed by atoms with Crippen LogP contribution in [0.2, 0.25) is 0 Å². The van der Waals surface area contributed by atoms with Crippen molar-refractivity contribution in [3.05, 3.63) is 0 Å². The first-order chi connectivity index (χ1) is 12.0. The molecule has 0 radical (unpaired) electrons. The lowest BCUT2D eigenvalue weighted by Gasteiger charge is -2.33. The van der Waals surface area contributed by atoms with Gasteiger partial charge in [-0.05, 0) is 63.5 Å². The Morgan fingerprint density at radius 2 is 1.92 bits per heavy atom. The van der Waals surface area contributed by atoms with E-state index in [0.29, 0.717) is 6.54 Å². The van der Waals surface area contributed by atoms with Crippen LogP contribution in [0.25, 0.3) is 0 Å². The smallest absolute Gasteiger partial charge is 0.303 e. The maximum absolute atomic E-state index is 12.7. The van der Waals surface area contributed by atoms with Crippen molar-refractivity contribution in [2.75, 3.05) is 26.2 Å². The largest absolute Gasteiger partial charge is 0.481 e. The molecule has 0 aromatic heterocycles. The summed E-state index contributed by atoms with van der Waals surface area (Å²) in [5.74, 6) is -0.177. The number of carboxylic acids is 1. The molecular formula is C19H32N2O4. The summed E-state index contributed by atoms with van der Waals surface area (Å²) in [6.07, 6.45) is 6.56. The molecule has 142 valence electrons. The Kier molecular flexibility index (Phi) is 7.88. The molecule has 2 aliphatic heterocycles. The van der Waals surface area contributed by atoms with Crippen LogP contribution >= 0.6 is 0 Å². The lowest BCUT2D eigenvalue weighted by molar-refractivity contribution is -0.142. The van der Waals surface area contributed by atoms with Gasteiger partial charge in [-0.2, -0.15) is 0 Å². The summed E-state index contributed by atoms with van der Waals surface area (Å²) in [5, 5.41) is 12.1. The Balaban J connectivity index is 1.76. The molecule has 2 saturated heterocycles. The first-order valence-corrected chi connectivity index (χ1v) is 9.68. The van der Waals surface area contributed by atoms with Gasteiger partial charge in [0.2, 0.25) is 5.91 Å². The zero-order chi connectivity index (χ0) is 18.2. The average molecular weight is 352 g/mol. The molecule has 2 N–H and O–H groups in total. The predicted octanol–water partition coefficient (Wildman–Crippen LogP) is 2.07. The van der Waals surface area contributed by atoms with E-state index in [4.69, 9.17) is 5.11 Å². The zero-order valence-corrected chi connectivity index (χ0v) is 15.3. The third-order valence-corrected chi connectivity index (χ3v) is 5.49. The normalized spacial score (nSPS) is 23.5. The number of carbonyl (C=O) groups excluding carboxylic acids is 2. The molecule has 0 spiro atoms. The number of ketones is 1. The van der Waals surface area contributed by atoms with E-state index in [9.17, 15) is 14.4 Å². The van der Waals surface area contributed by atoms with Crippen LogP contribution in [0, 0.1) is 17.8 Å². The quantitative estimate of drug-likeness (QED) is 0.663. The molecule has 6 heteroatoms. The molecule has 2 aliphatic rings. The summed E-state index contributed by atoms with van der Waals surface area (Å²) in [7, 11) is 0. The molecule has 0 aromatic rings. The number of carboxylic acid groups (broad SMARTS) is 1. The first-order valence-electron chi connectivity index (χ1n) is 9.68. The van der Waals surface area contributed by atoms with Crippen LogP contribution in [0.4, 0.5) is 0 Å². The highest BCUT2D eigenvalue weighted by molar-refractivity contribution is 5.87. The second-order valence-corrected chi connectivity index (χ2v) is 7.82. The number of Topliss-reactive ketones (excluding diaryl/α,β-unsaturated/α-hetero) is 1. The van der Waals surface area contributed by atoms with E-state index in [2.05, 4.69) is 5.32 Å². The van der Waals surface area contributed by atoms with Gasteiger partial charge in [0.15, 0.2) is 5.78 Å². The minimum Gasteiger partial charge on any atom is -0.481 e. The lowest BCUT2D eigenvalue weighted by Crippen LogP contribution is -2.44. The maximum Gasteiger partial charge on any atom is 0.303 e. The van der Waals surface area contributed by atoms with Crippen LogP contribution in [-0.2, 0) is 14.4 Å². The molecule has 0 saturated carbocycles. The number of aliphatic carboxylic acids is 1. The van der Waals surface area contributed by atoms with E-state index in [1.165, 1.54) is 12.8 Å². The summed E-state index contributed by atoms with van der Waals surface area (Å²) in [4.78, 5) is 37.2. The third-order valence-electron chi connectivity index (χ3n) is 5.49. The molecule has 0 unspecified atom stereocenters. The van der Waals surface area contributed by atoms with Crippen molar-refractivity contribution in [2.45, 2.75) is 58.3 Å².